The SMILES string of the molecule is O=C1C(=O)N(CCCn2ccnc2)[C@@H](c2ccc(Br)cc2)/C1=C(\O)c1ccc2c(c1)OCCO2. The lowest BCUT2D eigenvalue weighted by Crippen LogP contribution is -2.31. The number of carbonyl (C=O) groups is 2. The second-order valence-corrected chi connectivity index (χ2v) is 8.97. The third kappa shape index (κ3) is 4.19. The predicted molar refractivity (Wildman–Crippen MR) is 127 cm³/mol. The summed E-state index contributed by atoms with van der Waals surface area (Å²) in [5, 5.41) is 11.3. The summed E-state index contributed by atoms with van der Waals surface area (Å²) in [5.41, 5.74) is 1.19. The van der Waals surface area contributed by atoms with Gasteiger partial charge in [-0.25, -0.2) is 4.98 Å². The molecule has 174 valence electrons. The number of ketones is 1. The van der Waals surface area contributed by atoms with Crippen LogP contribution >= 0.6 is 15.9 Å². The first-order valence-corrected chi connectivity index (χ1v) is 11.7. The van der Waals surface area contributed by atoms with Gasteiger partial charge >= 0.3 is 0 Å². The average molecular weight is 524 g/mol. The summed E-state index contributed by atoms with van der Waals surface area (Å²) in [6.45, 7) is 1.85. The number of imidazole rings is 1. The number of ether oxygens (including phenoxy) is 2. The van der Waals surface area contributed by atoms with Gasteiger partial charge in [0.25, 0.3) is 11.7 Å². The number of hydrogen-bond donors (Lipinski definition) is 1. The van der Waals surface area contributed by atoms with Gasteiger partial charge in [0, 0.05) is 35.5 Å². The van der Waals surface area contributed by atoms with Gasteiger partial charge in [-0.1, -0.05) is 28.1 Å². The summed E-state index contributed by atoms with van der Waals surface area (Å²) in [4.78, 5) is 31.8. The first kappa shape index (κ1) is 22.2. The van der Waals surface area contributed by atoms with E-state index in [1.54, 1.807) is 30.7 Å². The summed E-state index contributed by atoms with van der Waals surface area (Å²) >= 11 is 3.43. The number of aliphatic hydroxyl groups excluding tert-OH is 1. The molecule has 34 heavy (non-hydrogen) atoms. The molecule has 0 bridgehead atoms. The maximum atomic E-state index is 13.2. The van der Waals surface area contributed by atoms with E-state index in [9.17, 15) is 14.7 Å². The Kier molecular flexibility index (Phi) is 6.10. The molecule has 8 nitrogen and oxygen atoms in total. The Labute approximate surface area is 204 Å². The van der Waals surface area contributed by atoms with Gasteiger partial charge < -0.3 is 24.0 Å². The van der Waals surface area contributed by atoms with E-state index < -0.39 is 17.7 Å². The highest BCUT2D eigenvalue weighted by Crippen LogP contribution is 2.41. The number of amides is 1. The summed E-state index contributed by atoms with van der Waals surface area (Å²) in [7, 11) is 0. The summed E-state index contributed by atoms with van der Waals surface area (Å²) in [5.74, 6) is -0.502. The number of aliphatic hydroxyl groups is 1. The predicted octanol–water partition coefficient (Wildman–Crippen LogP) is 3.93. The molecule has 1 atom stereocenters. The zero-order valence-corrected chi connectivity index (χ0v) is 19.8. The Balaban J connectivity index is 1.53. The second kappa shape index (κ2) is 9.34. The summed E-state index contributed by atoms with van der Waals surface area (Å²) in [6.07, 6.45) is 5.88. The average Bonchev–Trinajstić information content (AvgIpc) is 3.46. The number of halogens is 1. The Hall–Kier alpha value is -3.59. The normalized spacial score (nSPS) is 19.0. The van der Waals surface area contributed by atoms with E-state index in [1.165, 1.54) is 4.90 Å². The monoisotopic (exact) mass is 523 g/mol. The molecule has 9 heteroatoms. The minimum atomic E-state index is -0.706. The lowest BCUT2D eigenvalue weighted by Gasteiger charge is -2.25. The van der Waals surface area contributed by atoms with Crippen molar-refractivity contribution in [2.45, 2.75) is 19.0 Å². The molecule has 1 amide bonds. The maximum Gasteiger partial charge on any atom is 0.295 e. The highest BCUT2D eigenvalue weighted by atomic mass is 79.9. The van der Waals surface area contributed by atoms with E-state index >= 15 is 0 Å². The molecule has 0 unspecified atom stereocenters. The van der Waals surface area contributed by atoms with E-state index in [0.29, 0.717) is 49.8 Å². The van der Waals surface area contributed by atoms with Gasteiger partial charge in [-0.05, 0) is 42.3 Å². The van der Waals surface area contributed by atoms with Crippen molar-refractivity contribution in [3.8, 4) is 11.5 Å². The van der Waals surface area contributed by atoms with E-state index in [2.05, 4.69) is 20.9 Å². The lowest BCUT2D eigenvalue weighted by atomic mass is 9.95. The Morgan fingerprint density at radius 1 is 1.06 bits per heavy atom. The molecule has 0 saturated carbocycles. The van der Waals surface area contributed by atoms with Crippen LogP contribution < -0.4 is 9.47 Å². The number of benzene rings is 2. The summed E-state index contributed by atoms with van der Waals surface area (Å²) < 4.78 is 14.0. The molecule has 0 radical (unpaired) electrons. The highest BCUT2D eigenvalue weighted by molar-refractivity contribution is 9.10. The van der Waals surface area contributed by atoms with Crippen molar-refractivity contribution in [1.29, 1.82) is 0 Å². The third-order valence-corrected chi connectivity index (χ3v) is 6.44. The fourth-order valence-corrected chi connectivity index (χ4v) is 4.56. The van der Waals surface area contributed by atoms with Crippen LogP contribution in [0.3, 0.4) is 0 Å². The molecule has 1 saturated heterocycles. The van der Waals surface area contributed by atoms with Gasteiger partial charge in [-0.2, -0.15) is 0 Å². The highest BCUT2D eigenvalue weighted by Gasteiger charge is 2.45. The second-order valence-electron chi connectivity index (χ2n) is 8.06. The molecule has 1 aromatic heterocycles. The number of aromatic nitrogens is 2. The van der Waals surface area contributed by atoms with E-state index in [4.69, 9.17) is 9.47 Å². The first-order valence-electron chi connectivity index (χ1n) is 10.9. The Bertz CT molecular complexity index is 1250. The number of rotatable bonds is 6. The third-order valence-electron chi connectivity index (χ3n) is 5.92. The van der Waals surface area contributed by atoms with E-state index in [0.717, 1.165) is 10.0 Å². The molecule has 2 aliphatic rings. The fourth-order valence-electron chi connectivity index (χ4n) is 4.29. The van der Waals surface area contributed by atoms with Crippen LogP contribution in [-0.4, -0.2) is 51.0 Å². The molecule has 2 aliphatic heterocycles. The quantitative estimate of drug-likeness (QED) is 0.299. The number of likely N-dealkylation sites (tertiary alicyclic amines) is 1. The first-order chi connectivity index (χ1) is 16.5. The molecular weight excluding hydrogens is 502 g/mol. The van der Waals surface area contributed by atoms with Crippen molar-refractivity contribution in [3.05, 3.63) is 82.4 Å². The molecule has 1 N–H and O–H groups in total. The zero-order valence-electron chi connectivity index (χ0n) is 18.2. The lowest BCUT2D eigenvalue weighted by molar-refractivity contribution is -0.139. The van der Waals surface area contributed by atoms with Crippen LogP contribution in [0.15, 0.2) is 71.2 Å². The van der Waals surface area contributed by atoms with Crippen LogP contribution in [0.4, 0.5) is 0 Å². The number of carbonyl (C=O) groups excluding carboxylic acids is 2. The minimum absolute atomic E-state index is 0.0617. The van der Waals surface area contributed by atoms with E-state index in [1.807, 2.05) is 35.0 Å². The number of aryl methyl sites for hydroxylation is 1. The van der Waals surface area contributed by atoms with Crippen LogP contribution in [0.5, 0.6) is 11.5 Å². The van der Waals surface area contributed by atoms with Crippen molar-refractivity contribution >= 4 is 33.4 Å². The van der Waals surface area contributed by atoms with Gasteiger partial charge in [0.05, 0.1) is 17.9 Å². The number of hydrogen-bond acceptors (Lipinski definition) is 6. The van der Waals surface area contributed by atoms with Crippen molar-refractivity contribution < 1.29 is 24.2 Å². The van der Waals surface area contributed by atoms with Crippen molar-refractivity contribution in [2.75, 3.05) is 19.8 Å². The van der Waals surface area contributed by atoms with Crippen molar-refractivity contribution in [2.24, 2.45) is 0 Å². The maximum absolute atomic E-state index is 13.2. The van der Waals surface area contributed by atoms with Gasteiger partial charge in [-0.15, -0.1) is 0 Å². The number of nitrogens with zero attached hydrogens (tertiary/aromatic N) is 3. The van der Waals surface area contributed by atoms with Gasteiger partial charge in [0.15, 0.2) is 11.5 Å². The van der Waals surface area contributed by atoms with Gasteiger partial charge in [0.2, 0.25) is 0 Å². The molecule has 3 heterocycles. The van der Waals surface area contributed by atoms with Crippen LogP contribution in [0.2, 0.25) is 0 Å². The molecule has 1 fully saturated rings. The number of fused-ring (bicyclic) bond motifs is 1. The largest absolute Gasteiger partial charge is 0.507 e. The molecule has 3 aromatic rings. The van der Waals surface area contributed by atoms with Crippen molar-refractivity contribution in [3.63, 3.8) is 0 Å². The van der Waals surface area contributed by atoms with Gasteiger partial charge in [0.1, 0.15) is 19.0 Å². The fraction of sp³-hybridized carbons (Fsp3) is 0.240. The molecular formula is C25H22BrN3O5. The van der Waals surface area contributed by atoms with Gasteiger partial charge in [-0.3, -0.25) is 9.59 Å². The Morgan fingerprint density at radius 2 is 1.82 bits per heavy atom. The standard InChI is InChI=1S/C25H22BrN3O5/c26-18-5-2-16(3-6-18)22-21(23(30)17-4-7-19-20(14-17)34-13-12-33-19)24(31)25(32)29(22)10-1-9-28-11-8-27-15-28/h2-8,11,14-15,22,30H,1,9-10,12-13H2/b23-21+/t22-/m0/s1. The van der Waals surface area contributed by atoms with Crippen LogP contribution in [-0.2, 0) is 16.1 Å². The van der Waals surface area contributed by atoms with E-state index in [-0.39, 0.29) is 11.3 Å². The topological polar surface area (TPSA) is 93.9 Å². The van der Waals surface area contributed by atoms with Crippen LogP contribution in [0, 0.1) is 0 Å². The Morgan fingerprint density at radius 3 is 2.56 bits per heavy atom. The molecule has 5 rings (SSSR count). The summed E-state index contributed by atoms with van der Waals surface area (Å²) in [6, 6.07) is 11.7. The van der Waals surface area contributed by atoms with Crippen LogP contribution in [0.25, 0.3) is 5.76 Å². The minimum Gasteiger partial charge on any atom is -0.507 e. The van der Waals surface area contributed by atoms with Crippen LogP contribution in [0.1, 0.15) is 23.6 Å². The zero-order chi connectivity index (χ0) is 23.7. The van der Waals surface area contributed by atoms with Crippen molar-refractivity contribution in [1.82, 2.24) is 14.5 Å². The smallest absolute Gasteiger partial charge is 0.295 e. The molecule has 2 aromatic carbocycles. The molecule has 0 aliphatic carbocycles. The molecule has 0 spiro atoms. The number of Topliss-reactive ketones (excluding diaryl/α,β-unsaturated/α-hetero) is 1.